The van der Waals surface area contributed by atoms with E-state index in [1.165, 1.54) is 0 Å². The van der Waals surface area contributed by atoms with Gasteiger partial charge in [0.15, 0.2) is 15.4 Å². The summed E-state index contributed by atoms with van der Waals surface area (Å²) in [6.45, 7) is 7.43. The third-order valence-corrected chi connectivity index (χ3v) is 7.98. The third-order valence-electron chi connectivity index (χ3n) is 5.98. The number of sulfone groups is 1. The number of ether oxygens (including phenoxy) is 1. The van der Waals surface area contributed by atoms with Crippen molar-refractivity contribution in [2.24, 2.45) is 0 Å². The van der Waals surface area contributed by atoms with E-state index < -0.39 is 15.4 Å². The molecule has 0 unspecified atom stereocenters. The lowest BCUT2D eigenvalue weighted by Gasteiger charge is -2.32. The van der Waals surface area contributed by atoms with Crippen LogP contribution in [0, 0.1) is 0 Å². The van der Waals surface area contributed by atoms with Crippen molar-refractivity contribution in [3.05, 3.63) is 88.9 Å². The molecule has 196 valence electrons. The number of anilines is 1. The number of likely N-dealkylation sites (N-methyl/N-ethyl adjacent to an activating group) is 1. The fourth-order valence-electron chi connectivity index (χ4n) is 3.90. The van der Waals surface area contributed by atoms with E-state index in [1.807, 2.05) is 19.1 Å². The average molecular weight is 542 g/mol. The molecule has 3 rings (SSSR count). The molecule has 0 fully saturated rings. The summed E-state index contributed by atoms with van der Waals surface area (Å²) in [5, 5.41) is 0.599. The number of hydrogen-bond acceptors (Lipinski definition) is 5. The Bertz CT molecular complexity index is 1330. The smallest absolute Gasteiger partial charge is 0.270 e. The maximum Gasteiger partial charge on any atom is 0.270 e. The van der Waals surface area contributed by atoms with Crippen LogP contribution in [0.25, 0.3) is 0 Å². The van der Waals surface area contributed by atoms with Crippen LogP contribution < -0.4 is 9.64 Å². The van der Waals surface area contributed by atoms with E-state index in [4.69, 9.17) is 16.3 Å². The zero-order chi connectivity index (χ0) is 27.2. The number of ketones is 1. The average Bonchev–Trinajstić information content (AvgIpc) is 2.87. The van der Waals surface area contributed by atoms with E-state index >= 15 is 0 Å². The largest absolute Gasteiger partial charge is 0.478 e. The topological polar surface area (TPSA) is 80.8 Å². The first-order chi connectivity index (χ1) is 17.4. The van der Waals surface area contributed by atoms with Crippen molar-refractivity contribution in [2.45, 2.75) is 51.0 Å². The predicted octanol–water partition coefficient (Wildman–Crippen LogP) is 5.70. The Balaban J connectivity index is 1.61. The highest BCUT2D eigenvalue weighted by atomic mass is 35.5. The van der Waals surface area contributed by atoms with Gasteiger partial charge in [-0.2, -0.15) is 0 Å². The minimum atomic E-state index is -3.26. The van der Waals surface area contributed by atoms with Crippen LogP contribution in [0.5, 0.6) is 5.75 Å². The minimum absolute atomic E-state index is 0.0110. The van der Waals surface area contributed by atoms with Crippen LogP contribution in [0.2, 0.25) is 5.02 Å². The summed E-state index contributed by atoms with van der Waals surface area (Å²) in [7, 11) is -3.26. The lowest BCUT2D eigenvalue weighted by atomic mass is 10.0. The molecule has 0 aliphatic rings. The van der Waals surface area contributed by atoms with Crippen LogP contribution in [-0.4, -0.2) is 38.0 Å². The van der Waals surface area contributed by atoms with Gasteiger partial charge in [0, 0.05) is 30.1 Å². The van der Waals surface area contributed by atoms with Crippen molar-refractivity contribution < 1.29 is 22.7 Å². The highest BCUT2D eigenvalue weighted by Crippen LogP contribution is 2.25. The molecular weight excluding hydrogens is 510 g/mol. The van der Waals surface area contributed by atoms with Crippen molar-refractivity contribution in [1.29, 1.82) is 0 Å². The lowest BCUT2D eigenvalue weighted by Crippen LogP contribution is -2.49. The Morgan fingerprint density at radius 3 is 1.84 bits per heavy atom. The minimum Gasteiger partial charge on any atom is -0.478 e. The highest BCUT2D eigenvalue weighted by Gasteiger charge is 2.34. The first-order valence-corrected chi connectivity index (χ1v) is 14.2. The van der Waals surface area contributed by atoms with Crippen LogP contribution in [0.1, 0.15) is 38.8 Å². The first-order valence-electron chi connectivity index (χ1n) is 12.1. The number of nitrogens with zero attached hydrogens (tertiary/aromatic N) is 1. The van der Waals surface area contributed by atoms with Crippen LogP contribution in [0.15, 0.2) is 77.7 Å². The standard InChI is InChI=1S/C29H32ClNO5S/c1-5-31(24-13-11-23(30)12-14-24)28(33)29(3,4)36-26-15-7-21(8-16-26)19-25(32)20-22-9-17-27(18-10-22)37(34,35)6-2/h7-18H,5-6,19-20H2,1-4H3. The molecule has 0 bridgehead atoms. The molecule has 0 saturated heterocycles. The third kappa shape index (κ3) is 7.43. The Hall–Kier alpha value is -3.16. The molecule has 0 aliphatic carbocycles. The van der Waals surface area contributed by atoms with Crippen molar-refractivity contribution in [3.63, 3.8) is 0 Å². The van der Waals surface area contributed by atoms with Gasteiger partial charge in [0.05, 0.1) is 10.6 Å². The molecule has 1 amide bonds. The van der Waals surface area contributed by atoms with Crippen molar-refractivity contribution in [3.8, 4) is 5.75 Å². The van der Waals surface area contributed by atoms with Crippen LogP contribution in [0.3, 0.4) is 0 Å². The van der Waals surface area contributed by atoms with E-state index in [0.717, 1.165) is 16.8 Å². The number of carbonyl (C=O) groups is 2. The maximum absolute atomic E-state index is 13.3. The molecule has 0 aliphatic heterocycles. The first kappa shape index (κ1) is 28.4. The molecule has 6 nitrogen and oxygen atoms in total. The molecular formula is C29H32ClNO5S. The van der Waals surface area contributed by atoms with Gasteiger partial charge in [-0.25, -0.2) is 8.42 Å². The summed E-state index contributed by atoms with van der Waals surface area (Å²) < 4.78 is 29.9. The molecule has 0 spiro atoms. The van der Waals surface area contributed by atoms with Crippen molar-refractivity contribution in [1.82, 2.24) is 0 Å². The molecule has 3 aromatic carbocycles. The molecule has 0 aromatic heterocycles. The van der Waals surface area contributed by atoms with E-state index in [9.17, 15) is 18.0 Å². The van der Waals surface area contributed by atoms with Crippen LogP contribution in [-0.2, 0) is 32.3 Å². The van der Waals surface area contributed by atoms with Gasteiger partial charge in [-0.1, -0.05) is 42.8 Å². The molecule has 0 atom stereocenters. The fourth-order valence-corrected chi connectivity index (χ4v) is 4.91. The number of rotatable bonds is 11. The number of Topliss-reactive ketones (excluding diaryl/α,β-unsaturated/α-hetero) is 1. The normalized spacial score (nSPS) is 11.7. The van der Waals surface area contributed by atoms with Crippen molar-refractivity contribution in [2.75, 3.05) is 17.2 Å². The molecule has 0 heterocycles. The number of hydrogen-bond donors (Lipinski definition) is 0. The molecule has 0 saturated carbocycles. The van der Waals surface area contributed by atoms with Gasteiger partial charge < -0.3 is 9.64 Å². The second-order valence-corrected chi connectivity index (χ2v) is 11.9. The summed E-state index contributed by atoms with van der Waals surface area (Å²) in [4.78, 5) is 27.7. The lowest BCUT2D eigenvalue weighted by molar-refractivity contribution is -0.131. The van der Waals surface area contributed by atoms with E-state index in [1.54, 1.807) is 86.3 Å². The number of benzene rings is 3. The molecule has 8 heteroatoms. The van der Waals surface area contributed by atoms with Gasteiger partial charge in [-0.15, -0.1) is 0 Å². The van der Waals surface area contributed by atoms with Crippen LogP contribution >= 0.6 is 11.6 Å². The van der Waals surface area contributed by atoms with Gasteiger partial charge in [0.1, 0.15) is 11.5 Å². The number of halogens is 1. The molecule has 0 radical (unpaired) electrons. The number of amides is 1. The number of carbonyl (C=O) groups excluding carboxylic acids is 2. The van der Waals surface area contributed by atoms with E-state index in [-0.39, 0.29) is 35.2 Å². The second-order valence-electron chi connectivity index (χ2n) is 9.22. The second kappa shape index (κ2) is 11.9. The molecule has 0 N–H and O–H groups in total. The Morgan fingerprint density at radius 2 is 1.35 bits per heavy atom. The Labute approximate surface area is 224 Å². The highest BCUT2D eigenvalue weighted by molar-refractivity contribution is 7.91. The molecule has 3 aromatic rings. The van der Waals surface area contributed by atoms with Gasteiger partial charge >= 0.3 is 0 Å². The SMILES string of the molecule is CCN(C(=O)C(C)(C)Oc1ccc(CC(=O)Cc2ccc(S(=O)(=O)CC)cc2)cc1)c1ccc(Cl)cc1. The summed E-state index contributed by atoms with van der Waals surface area (Å²) in [6, 6.07) is 20.6. The van der Waals surface area contributed by atoms with E-state index in [2.05, 4.69) is 0 Å². The molecule has 37 heavy (non-hydrogen) atoms. The van der Waals surface area contributed by atoms with Gasteiger partial charge in [0.2, 0.25) is 0 Å². The van der Waals surface area contributed by atoms with E-state index in [0.29, 0.717) is 17.3 Å². The Morgan fingerprint density at radius 1 is 0.838 bits per heavy atom. The van der Waals surface area contributed by atoms with Gasteiger partial charge in [-0.3, -0.25) is 9.59 Å². The summed E-state index contributed by atoms with van der Waals surface area (Å²) in [6.07, 6.45) is 0.446. The monoisotopic (exact) mass is 541 g/mol. The predicted molar refractivity (Wildman–Crippen MR) is 147 cm³/mol. The fraction of sp³-hybridized carbons (Fsp3) is 0.310. The maximum atomic E-state index is 13.3. The quantitative estimate of drug-likeness (QED) is 0.311. The summed E-state index contributed by atoms with van der Waals surface area (Å²) >= 11 is 5.98. The zero-order valence-electron chi connectivity index (χ0n) is 21.5. The summed E-state index contributed by atoms with van der Waals surface area (Å²) in [5.74, 6) is 0.385. The van der Waals surface area contributed by atoms with Crippen LogP contribution in [0.4, 0.5) is 5.69 Å². The Kier molecular flexibility index (Phi) is 9.16. The van der Waals surface area contributed by atoms with Gasteiger partial charge in [0.25, 0.3) is 5.91 Å². The van der Waals surface area contributed by atoms with Crippen molar-refractivity contribution >= 4 is 38.8 Å². The summed E-state index contributed by atoms with van der Waals surface area (Å²) in [5.41, 5.74) is 1.21. The zero-order valence-corrected chi connectivity index (χ0v) is 23.1. The van der Waals surface area contributed by atoms with Gasteiger partial charge in [-0.05, 0) is 80.4 Å².